The number of amides is 1. The van der Waals surface area contributed by atoms with Crippen LogP contribution in [-0.2, 0) is 20.7 Å². The van der Waals surface area contributed by atoms with E-state index < -0.39 is 17.7 Å². The van der Waals surface area contributed by atoms with Gasteiger partial charge in [0.1, 0.15) is 11.5 Å². The summed E-state index contributed by atoms with van der Waals surface area (Å²) in [7, 11) is 3.11. The SMILES string of the molecule is CCc1ccc([C@H]2C(=C(O)c3ccc(OC)cc3C)C(=O)C(=O)N2CCOC)cc1. The number of ether oxygens (including phenoxy) is 2. The quantitative estimate of drug-likeness (QED) is 0.429. The molecule has 0 unspecified atom stereocenters. The summed E-state index contributed by atoms with van der Waals surface area (Å²) in [5.74, 6) is -0.859. The maximum atomic E-state index is 13.0. The van der Waals surface area contributed by atoms with Crippen molar-refractivity contribution in [1.82, 2.24) is 4.90 Å². The fourth-order valence-electron chi connectivity index (χ4n) is 3.76. The van der Waals surface area contributed by atoms with Crippen molar-refractivity contribution in [3.05, 3.63) is 70.3 Å². The second-order valence-electron chi connectivity index (χ2n) is 7.26. The highest BCUT2D eigenvalue weighted by Crippen LogP contribution is 2.40. The van der Waals surface area contributed by atoms with Gasteiger partial charge in [-0.15, -0.1) is 0 Å². The first-order valence-electron chi connectivity index (χ1n) is 9.94. The van der Waals surface area contributed by atoms with Crippen LogP contribution >= 0.6 is 0 Å². The summed E-state index contributed by atoms with van der Waals surface area (Å²) < 4.78 is 10.4. The molecular weight excluding hydrogens is 382 g/mol. The van der Waals surface area contributed by atoms with Crippen LogP contribution in [0.2, 0.25) is 0 Å². The zero-order valence-corrected chi connectivity index (χ0v) is 17.8. The minimum Gasteiger partial charge on any atom is -0.507 e. The number of aryl methyl sites for hydroxylation is 2. The maximum Gasteiger partial charge on any atom is 0.295 e. The second-order valence-corrected chi connectivity index (χ2v) is 7.26. The third kappa shape index (κ3) is 3.96. The first-order valence-corrected chi connectivity index (χ1v) is 9.94. The molecule has 1 saturated heterocycles. The number of hydrogen-bond donors (Lipinski definition) is 1. The van der Waals surface area contributed by atoms with Gasteiger partial charge in [-0.25, -0.2) is 0 Å². The number of benzene rings is 2. The van der Waals surface area contributed by atoms with Gasteiger partial charge >= 0.3 is 0 Å². The summed E-state index contributed by atoms with van der Waals surface area (Å²) in [5.41, 5.74) is 3.26. The third-order valence-electron chi connectivity index (χ3n) is 5.47. The number of Topliss-reactive ketones (excluding diaryl/α,β-unsaturated/α-hetero) is 1. The number of carbonyl (C=O) groups excluding carboxylic acids is 2. The van der Waals surface area contributed by atoms with E-state index in [0.717, 1.165) is 23.1 Å². The maximum absolute atomic E-state index is 13.0. The summed E-state index contributed by atoms with van der Waals surface area (Å²) in [5, 5.41) is 11.1. The van der Waals surface area contributed by atoms with Crippen LogP contribution in [0.15, 0.2) is 48.0 Å². The fraction of sp³-hybridized carbons (Fsp3) is 0.333. The van der Waals surface area contributed by atoms with Crippen LogP contribution in [0.25, 0.3) is 5.76 Å². The molecule has 0 spiro atoms. The summed E-state index contributed by atoms with van der Waals surface area (Å²) >= 11 is 0. The standard InChI is InChI=1S/C24H27NO5/c1-5-16-6-8-17(9-7-16)21-20(23(27)24(28)25(21)12-13-29-3)22(26)19-11-10-18(30-4)14-15(19)2/h6-11,14,21,26H,5,12-13H2,1-4H3/t21-/m0/s1. The Morgan fingerprint density at radius 2 is 1.80 bits per heavy atom. The highest BCUT2D eigenvalue weighted by Gasteiger charge is 2.45. The van der Waals surface area contributed by atoms with Crippen molar-refractivity contribution in [2.45, 2.75) is 26.3 Å². The van der Waals surface area contributed by atoms with Gasteiger partial charge in [0.2, 0.25) is 0 Å². The molecule has 0 bridgehead atoms. The largest absolute Gasteiger partial charge is 0.507 e. The number of carbonyl (C=O) groups is 2. The van der Waals surface area contributed by atoms with Crippen LogP contribution in [-0.4, -0.2) is 49.1 Å². The van der Waals surface area contributed by atoms with E-state index in [9.17, 15) is 14.7 Å². The van der Waals surface area contributed by atoms with Crippen molar-refractivity contribution in [1.29, 1.82) is 0 Å². The van der Waals surface area contributed by atoms with Crippen molar-refractivity contribution < 1.29 is 24.2 Å². The summed E-state index contributed by atoms with van der Waals surface area (Å²) in [6, 6.07) is 12.3. The summed E-state index contributed by atoms with van der Waals surface area (Å²) in [4.78, 5) is 27.2. The van der Waals surface area contributed by atoms with Gasteiger partial charge in [0.25, 0.3) is 11.7 Å². The average Bonchev–Trinajstić information content (AvgIpc) is 3.01. The summed E-state index contributed by atoms with van der Waals surface area (Å²) in [6.45, 7) is 4.42. The van der Waals surface area contributed by atoms with Gasteiger partial charge in [0.15, 0.2) is 0 Å². The number of hydrogen-bond acceptors (Lipinski definition) is 5. The highest BCUT2D eigenvalue weighted by molar-refractivity contribution is 6.46. The van der Waals surface area contributed by atoms with Gasteiger partial charge in [-0.05, 0) is 48.2 Å². The van der Waals surface area contributed by atoms with E-state index in [2.05, 4.69) is 6.92 Å². The van der Waals surface area contributed by atoms with Gasteiger partial charge < -0.3 is 19.5 Å². The van der Waals surface area contributed by atoms with Gasteiger partial charge in [0.05, 0.1) is 25.3 Å². The lowest BCUT2D eigenvalue weighted by Gasteiger charge is -2.25. The molecule has 1 aliphatic rings. The number of methoxy groups -OCH3 is 2. The molecular formula is C24H27NO5. The van der Waals surface area contributed by atoms with Crippen molar-refractivity contribution in [3.63, 3.8) is 0 Å². The van der Waals surface area contributed by atoms with E-state index in [-0.39, 0.29) is 24.5 Å². The van der Waals surface area contributed by atoms with Gasteiger partial charge in [-0.2, -0.15) is 0 Å². The molecule has 6 nitrogen and oxygen atoms in total. The van der Waals surface area contributed by atoms with E-state index >= 15 is 0 Å². The van der Waals surface area contributed by atoms with Crippen LogP contribution < -0.4 is 4.74 Å². The number of likely N-dealkylation sites (tertiary alicyclic amines) is 1. The Hall–Kier alpha value is -3.12. The molecule has 3 rings (SSSR count). The van der Waals surface area contributed by atoms with Crippen LogP contribution in [0.5, 0.6) is 5.75 Å². The molecule has 1 fully saturated rings. The molecule has 30 heavy (non-hydrogen) atoms. The van der Waals surface area contributed by atoms with E-state index in [1.807, 2.05) is 31.2 Å². The topological polar surface area (TPSA) is 76.1 Å². The van der Waals surface area contributed by atoms with Gasteiger partial charge in [-0.3, -0.25) is 9.59 Å². The second kappa shape index (κ2) is 9.13. The minimum absolute atomic E-state index is 0.0913. The molecule has 1 aliphatic heterocycles. The van der Waals surface area contributed by atoms with E-state index in [1.54, 1.807) is 32.4 Å². The molecule has 0 aromatic heterocycles. The average molecular weight is 409 g/mol. The molecule has 158 valence electrons. The molecule has 1 heterocycles. The number of aliphatic hydroxyl groups excluding tert-OH is 1. The van der Waals surface area contributed by atoms with Crippen molar-refractivity contribution in [2.75, 3.05) is 27.4 Å². The Morgan fingerprint density at radius 3 is 2.37 bits per heavy atom. The Labute approximate surface area is 176 Å². The first kappa shape index (κ1) is 21.6. The number of ketones is 1. The highest BCUT2D eigenvalue weighted by atomic mass is 16.5. The Bertz CT molecular complexity index is 978. The van der Waals surface area contributed by atoms with Gasteiger partial charge in [-0.1, -0.05) is 31.2 Å². The lowest BCUT2D eigenvalue weighted by Crippen LogP contribution is -2.32. The van der Waals surface area contributed by atoms with Crippen LogP contribution in [0.4, 0.5) is 0 Å². The number of aliphatic hydroxyl groups is 1. The molecule has 0 radical (unpaired) electrons. The van der Waals surface area contributed by atoms with Crippen molar-refractivity contribution in [2.24, 2.45) is 0 Å². The van der Waals surface area contributed by atoms with Gasteiger partial charge in [0, 0.05) is 19.2 Å². The monoisotopic (exact) mass is 409 g/mol. The van der Waals surface area contributed by atoms with Crippen molar-refractivity contribution >= 4 is 17.4 Å². The molecule has 6 heteroatoms. The Kier molecular flexibility index (Phi) is 6.57. The lowest BCUT2D eigenvalue weighted by molar-refractivity contribution is -0.140. The lowest BCUT2D eigenvalue weighted by atomic mass is 9.93. The predicted octanol–water partition coefficient (Wildman–Crippen LogP) is 3.63. The van der Waals surface area contributed by atoms with E-state index in [1.165, 1.54) is 4.90 Å². The van der Waals surface area contributed by atoms with E-state index in [4.69, 9.17) is 9.47 Å². The Balaban J connectivity index is 2.16. The van der Waals surface area contributed by atoms with Crippen LogP contribution in [0.3, 0.4) is 0 Å². The molecule has 0 aliphatic carbocycles. The smallest absolute Gasteiger partial charge is 0.295 e. The van der Waals surface area contributed by atoms with E-state index in [0.29, 0.717) is 11.3 Å². The molecule has 1 N–H and O–H groups in total. The predicted molar refractivity (Wildman–Crippen MR) is 114 cm³/mol. The fourth-order valence-corrected chi connectivity index (χ4v) is 3.76. The molecule has 2 aromatic carbocycles. The number of rotatable bonds is 7. The van der Waals surface area contributed by atoms with Crippen molar-refractivity contribution in [3.8, 4) is 5.75 Å². The first-order chi connectivity index (χ1) is 14.4. The molecule has 2 aromatic rings. The zero-order valence-electron chi connectivity index (χ0n) is 17.8. The normalized spacial score (nSPS) is 18.1. The molecule has 0 saturated carbocycles. The summed E-state index contributed by atoms with van der Waals surface area (Å²) in [6.07, 6.45) is 0.884. The number of nitrogens with zero attached hydrogens (tertiary/aromatic N) is 1. The molecule has 1 amide bonds. The zero-order chi connectivity index (χ0) is 21.8. The van der Waals surface area contributed by atoms with Crippen LogP contribution in [0.1, 0.15) is 35.2 Å². The minimum atomic E-state index is -0.691. The third-order valence-corrected chi connectivity index (χ3v) is 5.47. The van der Waals surface area contributed by atoms with Crippen LogP contribution in [0, 0.1) is 6.92 Å². The Morgan fingerprint density at radius 1 is 1.10 bits per heavy atom. The molecule has 1 atom stereocenters.